The van der Waals surface area contributed by atoms with Gasteiger partial charge in [-0.3, -0.25) is 14.9 Å². The number of allylic oxidation sites excluding steroid dienone is 1. The Morgan fingerprint density at radius 1 is 1.10 bits per heavy atom. The lowest BCUT2D eigenvalue weighted by molar-refractivity contribution is -0.384. The molecule has 0 saturated carbocycles. The number of benzene rings is 2. The van der Waals surface area contributed by atoms with Crippen LogP contribution < -0.4 is 5.32 Å². The zero-order chi connectivity index (χ0) is 15.2. The highest BCUT2D eigenvalue weighted by atomic mass is 16.6. The molecule has 0 heterocycles. The normalized spacial score (nSPS) is 10.5. The molecule has 0 atom stereocenters. The summed E-state index contributed by atoms with van der Waals surface area (Å²) in [6.45, 7) is 2.00. The number of rotatable bonds is 5. The fourth-order valence-electron chi connectivity index (χ4n) is 1.71. The lowest BCUT2D eigenvalue weighted by atomic mass is 10.1. The summed E-state index contributed by atoms with van der Waals surface area (Å²) in [6, 6.07) is 13.3. The Morgan fingerprint density at radius 2 is 1.71 bits per heavy atom. The molecule has 5 heteroatoms. The molecule has 2 aromatic rings. The molecule has 21 heavy (non-hydrogen) atoms. The van der Waals surface area contributed by atoms with E-state index in [4.69, 9.17) is 0 Å². The maximum absolute atomic E-state index is 11.9. The van der Waals surface area contributed by atoms with E-state index in [-0.39, 0.29) is 11.5 Å². The van der Waals surface area contributed by atoms with Crippen LogP contribution in [0.15, 0.2) is 60.8 Å². The first kappa shape index (κ1) is 14.5. The van der Waals surface area contributed by atoms with Crippen molar-refractivity contribution < 1.29 is 9.72 Å². The molecule has 0 aromatic heterocycles. The van der Waals surface area contributed by atoms with Crippen molar-refractivity contribution in [2.75, 3.05) is 5.32 Å². The second kappa shape index (κ2) is 6.47. The monoisotopic (exact) mass is 282 g/mol. The van der Waals surface area contributed by atoms with Crippen molar-refractivity contribution in [1.82, 2.24) is 0 Å². The number of aryl methyl sites for hydroxylation is 1. The van der Waals surface area contributed by atoms with E-state index in [2.05, 4.69) is 5.32 Å². The van der Waals surface area contributed by atoms with Crippen LogP contribution in [0.1, 0.15) is 15.9 Å². The molecule has 0 fully saturated rings. The van der Waals surface area contributed by atoms with E-state index >= 15 is 0 Å². The molecule has 0 amide bonds. The van der Waals surface area contributed by atoms with Gasteiger partial charge in [0.25, 0.3) is 5.69 Å². The van der Waals surface area contributed by atoms with E-state index in [1.807, 2.05) is 31.2 Å². The molecule has 0 aliphatic carbocycles. The number of nitrogens with one attached hydrogen (secondary N) is 1. The number of hydrogen-bond donors (Lipinski definition) is 1. The smallest absolute Gasteiger partial charge is 0.269 e. The van der Waals surface area contributed by atoms with Crippen LogP contribution >= 0.6 is 0 Å². The van der Waals surface area contributed by atoms with Gasteiger partial charge in [-0.05, 0) is 31.2 Å². The van der Waals surface area contributed by atoms with Crippen molar-refractivity contribution in [3.8, 4) is 0 Å². The van der Waals surface area contributed by atoms with Gasteiger partial charge in [-0.15, -0.1) is 0 Å². The highest BCUT2D eigenvalue weighted by Crippen LogP contribution is 2.13. The van der Waals surface area contributed by atoms with Crippen LogP contribution in [-0.4, -0.2) is 10.7 Å². The molecule has 2 rings (SSSR count). The third kappa shape index (κ3) is 4.01. The summed E-state index contributed by atoms with van der Waals surface area (Å²) in [6.07, 6.45) is 2.94. The summed E-state index contributed by atoms with van der Waals surface area (Å²) in [5.41, 5.74) is 2.41. The number of nitro benzene ring substituents is 1. The number of nitrogens with zero attached hydrogens (tertiary/aromatic N) is 1. The Labute approximate surface area is 122 Å². The molecule has 0 aliphatic heterocycles. The van der Waals surface area contributed by atoms with E-state index in [9.17, 15) is 14.9 Å². The second-order valence-electron chi connectivity index (χ2n) is 4.51. The molecule has 1 N–H and O–H groups in total. The van der Waals surface area contributed by atoms with Crippen LogP contribution in [0.25, 0.3) is 0 Å². The third-order valence-electron chi connectivity index (χ3n) is 2.90. The van der Waals surface area contributed by atoms with Crippen molar-refractivity contribution in [3.05, 3.63) is 82.0 Å². The summed E-state index contributed by atoms with van der Waals surface area (Å²) in [7, 11) is 0. The molecule has 0 aliphatic rings. The minimum absolute atomic E-state index is 0.0340. The van der Waals surface area contributed by atoms with E-state index in [1.165, 1.54) is 30.3 Å². The quantitative estimate of drug-likeness (QED) is 0.392. The van der Waals surface area contributed by atoms with E-state index in [1.54, 1.807) is 6.20 Å². The molecule has 106 valence electrons. The van der Waals surface area contributed by atoms with Gasteiger partial charge in [-0.1, -0.05) is 17.7 Å². The summed E-state index contributed by atoms with van der Waals surface area (Å²) in [5.74, 6) is -0.218. The Morgan fingerprint density at radius 3 is 2.29 bits per heavy atom. The summed E-state index contributed by atoms with van der Waals surface area (Å²) < 4.78 is 0. The van der Waals surface area contributed by atoms with Gasteiger partial charge in [0.2, 0.25) is 0 Å². The van der Waals surface area contributed by atoms with Gasteiger partial charge < -0.3 is 5.32 Å². The topological polar surface area (TPSA) is 72.2 Å². The summed E-state index contributed by atoms with van der Waals surface area (Å²) in [4.78, 5) is 21.9. The molecular formula is C16H14N2O3. The van der Waals surface area contributed by atoms with Gasteiger partial charge in [-0.25, -0.2) is 0 Å². The average Bonchev–Trinajstić information content (AvgIpc) is 2.49. The first-order chi connectivity index (χ1) is 10.1. The fourth-order valence-corrected chi connectivity index (χ4v) is 1.71. The molecular weight excluding hydrogens is 268 g/mol. The molecule has 0 radical (unpaired) electrons. The van der Waals surface area contributed by atoms with Gasteiger partial charge in [0, 0.05) is 35.7 Å². The first-order valence-electron chi connectivity index (χ1n) is 6.35. The second-order valence-corrected chi connectivity index (χ2v) is 4.51. The van der Waals surface area contributed by atoms with Gasteiger partial charge in [0.05, 0.1) is 4.92 Å². The zero-order valence-electron chi connectivity index (χ0n) is 11.4. The fraction of sp³-hybridized carbons (Fsp3) is 0.0625. The predicted molar refractivity (Wildman–Crippen MR) is 81.4 cm³/mol. The van der Waals surface area contributed by atoms with E-state index in [0.29, 0.717) is 5.56 Å². The van der Waals surface area contributed by atoms with Crippen LogP contribution in [-0.2, 0) is 0 Å². The Bertz CT molecular complexity index is 674. The zero-order valence-corrected chi connectivity index (χ0v) is 11.4. The number of ketones is 1. The van der Waals surface area contributed by atoms with Crippen molar-refractivity contribution in [3.63, 3.8) is 0 Å². The third-order valence-corrected chi connectivity index (χ3v) is 2.90. The van der Waals surface area contributed by atoms with Crippen molar-refractivity contribution in [2.24, 2.45) is 0 Å². The summed E-state index contributed by atoms with van der Waals surface area (Å²) in [5, 5.41) is 13.5. The standard InChI is InChI=1S/C16H14N2O3/c1-12-2-6-14(7-3-12)17-11-10-16(19)13-4-8-15(9-5-13)18(20)21/h2-11,17H,1H3. The van der Waals surface area contributed by atoms with E-state index < -0.39 is 4.92 Å². The molecule has 0 saturated heterocycles. The first-order valence-corrected chi connectivity index (χ1v) is 6.35. The summed E-state index contributed by atoms with van der Waals surface area (Å²) >= 11 is 0. The van der Waals surface area contributed by atoms with E-state index in [0.717, 1.165) is 11.3 Å². The Balaban J connectivity index is 1.98. The van der Waals surface area contributed by atoms with Crippen LogP contribution in [0.3, 0.4) is 0 Å². The van der Waals surface area contributed by atoms with Gasteiger partial charge in [-0.2, -0.15) is 0 Å². The van der Waals surface area contributed by atoms with Crippen molar-refractivity contribution in [1.29, 1.82) is 0 Å². The maximum atomic E-state index is 11.9. The predicted octanol–water partition coefficient (Wildman–Crippen LogP) is 3.71. The van der Waals surface area contributed by atoms with Crippen molar-refractivity contribution in [2.45, 2.75) is 6.92 Å². The lowest BCUT2D eigenvalue weighted by Gasteiger charge is -2.00. The van der Waals surface area contributed by atoms with Gasteiger partial charge in [0.15, 0.2) is 5.78 Å². The van der Waals surface area contributed by atoms with Crippen molar-refractivity contribution >= 4 is 17.2 Å². The van der Waals surface area contributed by atoms with Gasteiger partial charge >= 0.3 is 0 Å². The largest absolute Gasteiger partial charge is 0.362 e. The average molecular weight is 282 g/mol. The number of non-ortho nitro benzene ring substituents is 1. The maximum Gasteiger partial charge on any atom is 0.269 e. The van der Waals surface area contributed by atoms with Crippen LogP contribution in [0.2, 0.25) is 0 Å². The van der Waals surface area contributed by atoms with Crippen LogP contribution in [0.4, 0.5) is 11.4 Å². The lowest BCUT2D eigenvalue weighted by Crippen LogP contribution is -1.97. The molecule has 0 unspecified atom stereocenters. The Kier molecular flexibility index (Phi) is 4.46. The molecule has 5 nitrogen and oxygen atoms in total. The van der Waals surface area contributed by atoms with Gasteiger partial charge in [0.1, 0.15) is 0 Å². The molecule has 0 bridgehead atoms. The highest BCUT2D eigenvalue weighted by molar-refractivity contribution is 6.04. The minimum Gasteiger partial charge on any atom is -0.362 e. The van der Waals surface area contributed by atoms with Crippen LogP contribution in [0, 0.1) is 17.0 Å². The number of carbonyl (C=O) groups excluding carboxylic acids is 1. The number of carbonyl (C=O) groups is 1. The highest BCUT2D eigenvalue weighted by Gasteiger charge is 2.06. The minimum atomic E-state index is -0.497. The van der Waals surface area contributed by atoms with Crippen LogP contribution in [0.5, 0.6) is 0 Å². The SMILES string of the molecule is Cc1ccc(NC=CC(=O)c2ccc([N+](=O)[O-])cc2)cc1. The number of anilines is 1. The number of hydrogen-bond acceptors (Lipinski definition) is 4. The number of nitro groups is 1. The molecule has 0 spiro atoms. The Hall–Kier alpha value is -2.95. The molecule has 2 aromatic carbocycles.